The zero-order valence-corrected chi connectivity index (χ0v) is 18.1. The van der Waals surface area contributed by atoms with Gasteiger partial charge in [-0.25, -0.2) is 4.98 Å². The van der Waals surface area contributed by atoms with Crippen LogP contribution in [0.4, 0.5) is 5.13 Å². The molecular formula is C23H28N4O2S. The van der Waals surface area contributed by atoms with Crippen LogP contribution in [0.25, 0.3) is 0 Å². The van der Waals surface area contributed by atoms with Gasteiger partial charge in [0.05, 0.1) is 6.61 Å². The topological polar surface area (TPSA) is 67.3 Å². The van der Waals surface area contributed by atoms with Crippen molar-refractivity contribution in [2.45, 2.75) is 19.3 Å². The van der Waals surface area contributed by atoms with Crippen LogP contribution < -0.4 is 10.2 Å². The number of ether oxygens (including phenoxy) is 1. The summed E-state index contributed by atoms with van der Waals surface area (Å²) in [7, 11) is 1.68. The van der Waals surface area contributed by atoms with Gasteiger partial charge in [0.1, 0.15) is 5.82 Å². The molecule has 1 aromatic heterocycles. The molecule has 0 aliphatic carbocycles. The number of carbonyl (C=O) groups excluding carboxylic acids is 1. The van der Waals surface area contributed by atoms with E-state index in [2.05, 4.69) is 43.8 Å². The number of carbonyl (C=O) groups is 1. The summed E-state index contributed by atoms with van der Waals surface area (Å²) in [6.45, 7) is 2.47. The first-order valence-electron chi connectivity index (χ1n) is 10.2. The predicted molar refractivity (Wildman–Crippen MR) is 121 cm³/mol. The van der Waals surface area contributed by atoms with E-state index in [9.17, 15) is 4.79 Å². The quantitative estimate of drug-likeness (QED) is 0.483. The zero-order chi connectivity index (χ0) is 21.0. The summed E-state index contributed by atoms with van der Waals surface area (Å²) in [5.41, 5.74) is 2.41. The lowest BCUT2D eigenvalue weighted by molar-refractivity contribution is -0.120. The highest BCUT2D eigenvalue weighted by Gasteiger charge is 2.14. The first kappa shape index (κ1) is 21.9. The van der Waals surface area contributed by atoms with Crippen LogP contribution in [0.3, 0.4) is 0 Å². The van der Waals surface area contributed by atoms with E-state index in [0.717, 1.165) is 17.4 Å². The molecule has 1 heterocycles. The molecule has 0 saturated carbocycles. The van der Waals surface area contributed by atoms with E-state index in [1.807, 2.05) is 36.4 Å². The van der Waals surface area contributed by atoms with Crippen molar-refractivity contribution < 1.29 is 9.53 Å². The number of methoxy groups -OCH3 is 1. The molecule has 0 bridgehead atoms. The highest BCUT2D eigenvalue weighted by molar-refractivity contribution is 7.09. The smallest absolute Gasteiger partial charge is 0.221 e. The summed E-state index contributed by atoms with van der Waals surface area (Å²) >= 11 is 1.37. The lowest BCUT2D eigenvalue weighted by Gasteiger charge is -2.20. The zero-order valence-electron chi connectivity index (χ0n) is 17.3. The van der Waals surface area contributed by atoms with Gasteiger partial charge >= 0.3 is 0 Å². The van der Waals surface area contributed by atoms with Crippen LogP contribution in [0.1, 0.15) is 23.4 Å². The summed E-state index contributed by atoms with van der Waals surface area (Å²) in [5, 5.41) is 3.83. The number of aromatic nitrogens is 2. The van der Waals surface area contributed by atoms with Crippen molar-refractivity contribution in [3.05, 3.63) is 77.6 Å². The van der Waals surface area contributed by atoms with Crippen molar-refractivity contribution in [2.75, 3.05) is 38.3 Å². The fourth-order valence-electron chi connectivity index (χ4n) is 3.04. The lowest BCUT2D eigenvalue weighted by Crippen LogP contribution is -2.33. The van der Waals surface area contributed by atoms with Crippen LogP contribution in [-0.2, 0) is 22.4 Å². The summed E-state index contributed by atoms with van der Waals surface area (Å²) < 4.78 is 9.73. The molecular weight excluding hydrogens is 396 g/mol. The van der Waals surface area contributed by atoms with Crippen molar-refractivity contribution in [1.29, 1.82) is 0 Å². The Kier molecular flexibility index (Phi) is 8.80. The Balaban J connectivity index is 1.49. The van der Waals surface area contributed by atoms with Gasteiger partial charge in [0, 0.05) is 51.1 Å². The van der Waals surface area contributed by atoms with Crippen molar-refractivity contribution in [2.24, 2.45) is 0 Å². The van der Waals surface area contributed by atoms with Crippen LogP contribution >= 0.6 is 11.5 Å². The Morgan fingerprint density at radius 3 is 2.43 bits per heavy atom. The third-order valence-corrected chi connectivity index (χ3v) is 5.50. The van der Waals surface area contributed by atoms with Gasteiger partial charge in [-0.2, -0.15) is 4.37 Å². The minimum absolute atomic E-state index is 0.0439. The Bertz CT molecular complexity index is 886. The van der Waals surface area contributed by atoms with Crippen LogP contribution in [0.5, 0.6) is 0 Å². The van der Waals surface area contributed by atoms with Crippen LogP contribution in [0, 0.1) is 0 Å². The number of nitrogens with zero attached hydrogens (tertiary/aromatic N) is 3. The van der Waals surface area contributed by atoms with Crippen LogP contribution in [0.15, 0.2) is 60.7 Å². The highest BCUT2D eigenvalue weighted by Crippen LogP contribution is 2.19. The third kappa shape index (κ3) is 7.24. The normalized spacial score (nSPS) is 10.7. The third-order valence-electron chi connectivity index (χ3n) is 4.69. The van der Waals surface area contributed by atoms with Gasteiger partial charge in [-0.05, 0) is 17.5 Å². The van der Waals surface area contributed by atoms with Crippen molar-refractivity contribution >= 4 is 22.6 Å². The van der Waals surface area contributed by atoms with Gasteiger partial charge in [0.25, 0.3) is 0 Å². The maximum absolute atomic E-state index is 12.3. The summed E-state index contributed by atoms with van der Waals surface area (Å²) in [6, 6.07) is 20.3. The van der Waals surface area contributed by atoms with E-state index < -0.39 is 0 Å². The van der Waals surface area contributed by atoms with Gasteiger partial charge < -0.3 is 15.0 Å². The lowest BCUT2D eigenvalue weighted by atomic mass is 10.1. The molecule has 0 atom stereocenters. The molecule has 0 unspecified atom stereocenters. The molecule has 3 rings (SSSR count). The maximum Gasteiger partial charge on any atom is 0.221 e. The van der Waals surface area contributed by atoms with E-state index in [0.29, 0.717) is 39.1 Å². The van der Waals surface area contributed by atoms with Crippen LogP contribution in [0.2, 0.25) is 0 Å². The molecule has 1 amide bonds. The molecule has 1 N–H and O–H groups in total. The maximum atomic E-state index is 12.3. The van der Waals surface area contributed by atoms with Gasteiger partial charge in [-0.1, -0.05) is 60.7 Å². The molecule has 6 nitrogen and oxygen atoms in total. The molecule has 0 aliphatic heterocycles. The van der Waals surface area contributed by atoms with Gasteiger partial charge in [-0.3, -0.25) is 4.79 Å². The first-order valence-corrected chi connectivity index (χ1v) is 10.9. The summed E-state index contributed by atoms with van der Waals surface area (Å²) in [4.78, 5) is 19.0. The number of amides is 1. The Hall–Kier alpha value is -2.77. The number of hydrogen-bond acceptors (Lipinski definition) is 6. The first-order chi connectivity index (χ1) is 14.7. The highest BCUT2D eigenvalue weighted by atomic mass is 32.1. The largest absolute Gasteiger partial charge is 0.383 e. The molecule has 3 aromatic rings. The van der Waals surface area contributed by atoms with E-state index in [-0.39, 0.29) is 5.91 Å². The number of rotatable bonds is 12. The summed E-state index contributed by atoms with van der Waals surface area (Å²) in [5.74, 6) is 0.846. The van der Waals surface area contributed by atoms with Crippen molar-refractivity contribution in [3.63, 3.8) is 0 Å². The van der Waals surface area contributed by atoms with Crippen molar-refractivity contribution in [3.8, 4) is 0 Å². The Labute approximate surface area is 182 Å². The van der Waals surface area contributed by atoms with E-state index >= 15 is 0 Å². The Morgan fingerprint density at radius 2 is 1.73 bits per heavy atom. The number of benzene rings is 2. The SMILES string of the molecule is COCCN(CCC(=O)NCCc1ccccc1)c1nc(Cc2ccccc2)ns1. The molecule has 0 aliphatic rings. The Morgan fingerprint density at radius 1 is 1.03 bits per heavy atom. The molecule has 0 saturated heterocycles. The monoisotopic (exact) mass is 424 g/mol. The van der Waals surface area contributed by atoms with E-state index in [1.54, 1.807) is 7.11 Å². The number of hydrogen-bond donors (Lipinski definition) is 1. The average Bonchev–Trinajstić information content (AvgIpc) is 3.23. The molecule has 30 heavy (non-hydrogen) atoms. The standard InChI is InChI=1S/C23H28N4O2S/c1-29-17-16-27(15-13-22(28)24-14-12-19-8-4-2-5-9-19)23-25-21(26-30-23)18-20-10-6-3-7-11-20/h2-11H,12-18H2,1H3,(H,24,28). The van der Waals surface area contributed by atoms with Gasteiger partial charge in [0.2, 0.25) is 11.0 Å². The molecule has 2 aromatic carbocycles. The molecule has 7 heteroatoms. The van der Waals surface area contributed by atoms with Crippen LogP contribution in [-0.4, -0.2) is 48.6 Å². The molecule has 0 spiro atoms. The molecule has 0 radical (unpaired) electrons. The molecule has 158 valence electrons. The number of anilines is 1. The minimum Gasteiger partial charge on any atom is -0.383 e. The second-order valence-electron chi connectivity index (χ2n) is 6.97. The van der Waals surface area contributed by atoms with Gasteiger partial charge in [0.15, 0.2) is 0 Å². The fraction of sp³-hybridized carbons (Fsp3) is 0.348. The predicted octanol–water partition coefficient (Wildman–Crippen LogP) is 3.33. The van der Waals surface area contributed by atoms with Crippen molar-refractivity contribution in [1.82, 2.24) is 14.7 Å². The average molecular weight is 425 g/mol. The van der Waals surface area contributed by atoms with E-state index in [4.69, 9.17) is 4.74 Å². The van der Waals surface area contributed by atoms with E-state index in [1.165, 1.54) is 22.7 Å². The second kappa shape index (κ2) is 12.0. The fourth-order valence-corrected chi connectivity index (χ4v) is 3.78. The van der Waals surface area contributed by atoms with Gasteiger partial charge in [-0.15, -0.1) is 0 Å². The molecule has 0 fully saturated rings. The summed E-state index contributed by atoms with van der Waals surface area (Å²) in [6.07, 6.45) is 1.95. The minimum atomic E-state index is 0.0439. The second-order valence-corrected chi connectivity index (χ2v) is 7.70. The number of nitrogens with one attached hydrogen (secondary N) is 1.